The van der Waals surface area contributed by atoms with Gasteiger partial charge < -0.3 is 19.8 Å². The highest BCUT2D eigenvalue weighted by Crippen LogP contribution is 2.24. The molecule has 1 heterocycles. The van der Waals surface area contributed by atoms with Crippen molar-refractivity contribution in [2.75, 3.05) is 13.1 Å². The Morgan fingerprint density at radius 3 is 1.89 bits per heavy atom. The van der Waals surface area contributed by atoms with E-state index in [1.807, 2.05) is 36.4 Å². The lowest BCUT2D eigenvalue weighted by Gasteiger charge is -2.08. The van der Waals surface area contributed by atoms with Crippen LogP contribution < -0.4 is 20.8 Å². The number of carbonyl (C=O) groups is 2. The number of hydrogen-bond donors (Lipinski definition) is 2. The van der Waals surface area contributed by atoms with Crippen molar-refractivity contribution in [2.24, 2.45) is 0 Å². The number of allylic oxidation sites excluding steroid dienone is 12. The third kappa shape index (κ3) is 15.1. The summed E-state index contributed by atoms with van der Waals surface area (Å²) in [4.78, 5) is 36.9. The molecular formula is C40H46N2O5. The van der Waals surface area contributed by atoms with Crippen LogP contribution in [0.1, 0.15) is 58.3 Å². The number of fused-ring (bicyclic) bond motifs is 1. The fraction of sp³-hybridized carbons (Fsp3) is 0.275. The van der Waals surface area contributed by atoms with Gasteiger partial charge in [-0.1, -0.05) is 110 Å². The van der Waals surface area contributed by atoms with Gasteiger partial charge in [0.1, 0.15) is 17.1 Å². The summed E-state index contributed by atoms with van der Waals surface area (Å²) in [5, 5.41) is 5.69. The molecule has 0 aliphatic heterocycles. The normalized spacial score (nSPS) is 12.1. The Labute approximate surface area is 278 Å². The Morgan fingerprint density at radius 1 is 0.702 bits per heavy atom. The minimum absolute atomic E-state index is 0.0872. The summed E-state index contributed by atoms with van der Waals surface area (Å²) in [6, 6.07) is 15.4. The maximum absolute atomic E-state index is 12.7. The van der Waals surface area contributed by atoms with Gasteiger partial charge >= 0.3 is 6.09 Å². The van der Waals surface area contributed by atoms with Gasteiger partial charge in [-0.25, -0.2) is 4.79 Å². The average molecular weight is 635 g/mol. The quantitative estimate of drug-likeness (QED) is 0.101. The second kappa shape index (κ2) is 22.4. The molecule has 2 aromatic carbocycles. The summed E-state index contributed by atoms with van der Waals surface area (Å²) in [5.74, 6) is 0.597. The lowest BCUT2D eigenvalue weighted by Crippen LogP contribution is -2.35. The van der Waals surface area contributed by atoms with Gasteiger partial charge in [0.25, 0.3) is 0 Å². The van der Waals surface area contributed by atoms with Gasteiger partial charge in [-0.05, 0) is 63.1 Å². The highest BCUT2D eigenvalue weighted by Gasteiger charge is 2.10. The fourth-order valence-electron chi connectivity index (χ4n) is 4.40. The fourth-order valence-corrected chi connectivity index (χ4v) is 4.40. The third-order valence-electron chi connectivity index (χ3n) is 6.82. The molecule has 246 valence electrons. The summed E-state index contributed by atoms with van der Waals surface area (Å²) in [6.07, 6.45) is 31.9. The van der Waals surface area contributed by atoms with Crippen LogP contribution in [0.25, 0.3) is 22.3 Å². The molecule has 7 nitrogen and oxygen atoms in total. The zero-order valence-electron chi connectivity index (χ0n) is 27.2. The maximum atomic E-state index is 12.7. The van der Waals surface area contributed by atoms with E-state index in [-0.39, 0.29) is 30.2 Å². The maximum Gasteiger partial charge on any atom is 0.412 e. The molecule has 0 saturated carbocycles. The van der Waals surface area contributed by atoms with E-state index >= 15 is 0 Å². The minimum Gasteiger partial charge on any atom is -0.456 e. The smallest absolute Gasteiger partial charge is 0.412 e. The van der Waals surface area contributed by atoms with Crippen LogP contribution in [0.5, 0.6) is 5.75 Å². The topological polar surface area (TPSA) is 97.6 Å². The van der Waals surface area contributed by atoms with Gasteiger partial charge in [0, 0.05) is 31.1 Å². The predicted molar refractivity (Wildman–Crippen MR) is 192 cm³/mol. The van der Waals surface area contributed by atoms with Gasteiger partial charge in [-0.3, -0.25) is 9.59 Å². The van der Waals surface area contributed by atoms with Gasteiger partial charge in [-0.2, -0.15) is 0 Å². The van der Waals surface area contributed by atoms with Crippen molar-refractivity contribution in [3.63, 3.8) is 0 Å². The molecule has 3 rings (SSSR count). The summed E-state index contributed by atoms with van der Waals surface area (Å²) >= 11 is 0. The van der Waals surface area contributed by atoms with E-state index in [2.05, 4.69) is 84.4 Å². The second-order valence-corrected chi connectivity index (χ2v) is 10.6. The molecule has 0 bridgehead atoms. The van der Waals surface area contributed by atoms with E-state index in [1.54, 1.807) is 12.1 Å². The van der Waals surface area contributed by atoms with E-state index in [9.17, 15) is 14.4 Å². The third-order valence-corrected chi connectivity index (χ3v) is 6.82. The molecule has 47 heavy (non-hydrogen) atoms. The first kappa shape index (κ1) is 36.3. The van der Waals surface area contributed by atoms with Gasteiger partial charge in [-0.15, -0.1) is 0 Å². The number of amides is 2. The summed E-state index contributed by atoms with van der Waals surface area (Å²) in [5.41, 5.74) is 0.963. The number of carbonyl (C=O) groups excluding carboxylic acids is 2. The van der Waals surface area contributed by atoms with Crippen molar-refractivity contribution in [2.45, 2.75) is 58.3 Å². The Morgan fingerprint density at radius 2 is 1.28 bits per heavy atom. The zero-order valence-corrected chi connectivity index (χ0v) is 27.2. The average Bonchev–Trinajstić information content (AvgIpc) is 3.08. The minimum atomic E-state index is -0.679. The van der Waals surface area contributed by atoms with Crippen LogP contribution in [-0.4, -0.2) is 25.1 Å². The molecule has 0 fully saturated rings. The van der Waals surface area contributed by atoms with Crippen molar-refractivity contribution in [1.82, 2.24) is 10.6 Å². The van der Waals surface area contributed by atoms with Gasteiger partial charge in [0.15, 0.2) is 5.43 Å². The SMILES string of the molecule is CC/C=C\C/C=C\C/C=C\C/C=C\C/C=C\C/C=C\CCC(=O)NCCNC(=O)Oc1ccc2oc(-c3ccccc3)cc(=O)c2c1. The van der Waals surface area contributed by atoms with Crippen molar-refractivity contribution < 1.29 is 18.7 Å². The van der Waals surface area contributed by atoms with E-state index in [0.29, 0.717) is 29.6 Å². The first-order chi connectivity index (χ1) is 23.1. The van der Waals surface area contributed by atoms with E-state index in [1.165, 1.54) is 12.1 Å². The Bertz CT molecular complexity index is 1630. The van der Waals surface area contributed by atoms with Crippen LogP contribution in [0.4, 0.5) is 4.79 Å². The second-order valence-electron chi connectivity index (χ2n) is 10.6. The highest BCUT2D eigenvalue weighted by molar-refractivity contribution is 5.81. The molecule has 7 heteroatoms. The standard InChI is InChI=1S/C40H46N2O5/c1-2-3-4-5-6-7-8-9-10-11-12-13-14-15-16-17-18-19-23-26-39(44)41-29-30-42-40(45)46-34-27-28-37-35(31-34)36(43)32-38(47-37)33-24-21-20-22-25-33/h3-4,6-7,9-10,12-13,15-16,18-22,24-25,27-28,31-32H,2,5,8,11,14,17,23,26,29-30H2,1H3,(H,41,44)(H,42,45)/b4-3-,7-6-,10-9-,13-12-,16-15-,19-18-. The number of nitrogens with one attached hydrogen (secondary N) is 2. The van der Waals surface area contributed by atoms with Crippen molar-refractivity contribution in [1.29, 1.82) is 0 Å². The van der Waals surface area contributed by atoms with Crippen LogP contribution in [0, 0.1) is 0 Å². The summed E-state index contributed by atoms with van der Waals surface area (Å²) in [7, 11) is 0. The molecule has 0 spiro atoms. The molecule has 0 radical (unpaired) electrons. The molecule has 0 saturated heterocycles. The highest BCUT2D eigenvalue weighted by atomic mass is 16.6. The van der Waals surface area contributed by atoms with Crippen molar-refractivity contribution in [3.8, 4) is 17.1 Å². The van der Waals surface area contributed by atoms with E-state index in [0.717, 1.165) is 44.1 Å². The molecule has 0 aliphatic rings. The van der Waals surface area contributed by atoms with E-state index in [4.69, 9.17) is 9.15 Å². The molecule has 0 unspecified atom stereocenters. The zero-order chi connectivity index (χ0) is 33.4. The number of benzene rings is 2. The lowest BCUT2D eigenvalue weighted by molar-refractivity contribution is -0.120. The van der Waals surface area contributed by atoms with Crippen LogP contribution >= 0.6 is 0 Å². The molecule has 0 atom stereocenters. The predicted octanol–water partition coefficient (Wildman–Crippen LogP) is 9.14. The molecule has 2 N–H and O–H groups in total. The number of hydrogen-bond acceptors (Lipinski definition) is 5. The summed E-state index contributed by atoms with van der Waals surface area (Å²) in [6.45, 7) is 2.63. The first-order valence-electron chi connectivity index (χ1n) is 16.3. The van der Waals surface area contributed by atoms with Crippen molar-refractivity contribution in [3.05, 3.63) is 138 Å². The molecule has 2 amide bonds. The van der Waals surface area contributed by atoms with Crippen LogP contribution in [0.3, 0.4) is 0 Å². The van der Waals surface area contributed by atoms with E-state index < -0.39 is 6.09 Å². The monoisotopic (exact) mass is 634 g/mol. The Kier molecular flexibility index (Phi) is 17.3. The van der Waals surface area contributed by atoms with Crippen molar-refractivity contribution >= 4 is 23.0 Å². The number of ether oxygens (including phenoxy) is 1. The van der Waals surface area contributed by atoms with Crippen LogP contribution in [0.2, 0.25) is 0 Å². The number of rotatable bonds is 19. The largest absolute Gasteiger partial charge is 0.456 e. The van der Waals surface area contributed by atoms with Crippen LogP contribution in [0.15, 0.2) is 137 Å². The molecule has 3 aromatic rings. The Hall–Kier alpha value is -5.17. The molecule has 1 aromatic heterocycles. The Balaban J connectivity index is 1.22. The van der Waals surface area contributed by atoms with Gasteiger partial charge in [0.2, 0.25) is 5.91 Å². The van der Waals surface area contributed by atoms with Crippen LogP contribution in [-0.2, 0) is 4.79 Å². The summed E-state index contributed by atoms with van der Waals surface area (Å²) < 4.78 is 11.2. The lowest BCUT2D eigenvalue weighted by atomic mass is 10.1. The molecular weight excluding hydrogens is 588 g/mol. The first-order valence-corrected chi connectivity index (χ1v) is 16.3. The molecule has 0 aliphatic carbocycles. The van der Waals surface area contributed by atoms with Gasteiger partial charge in [0.05, 0.1) is 5.39 Å².